The number of hydrogen-bond donors (Lipinski definition) is 0. The lowest BCUT2D eigenvalue weighted by atomic mass is 9.93. The Labute approximate surface area is 110 Å². The molecule has 0 aliphatic carbocycles. The first-order valence-corrected chi connectivity index (χ1v) is 6.93. The number of hydrogen-bond acceptors (Lipinski definition) is 3. The standard InChI is InChI=1S/C12H16ClN3S/c1-12(2,3)9-8-17-11(15-9)7-16-5-4-14-10(16)6-13/h4-5,8H,6-7H2,1-3H3. The Morgan fingerprint density at radius 3 is 2.76 bits per heavy atom. The van der Waals surface area contributed by atoms with Crippen LogP contribution in [-0.4, -0.2) is 14.5 Å². The largest absolute Gasteiger partial charge is 0.327 e. The Morgan fingerprint density at radius 1 is 1.41 bits per heavy atom. The van der Waals surface area contributed by atoms with Crippen molar-refractivity contribution in [2.45, 2.75) is 38.6 Å². The number of aromatic nitrogens is 3. The molecule has 0 aliphatic rings. The van der Waals surface area contributed by atoms with Crippen LogP contribution in [0.25, 0.3) is 0 Å². The van der Waals surface area contributed by atoms with Crippen LogP contribution in [-0.2, 0) is 17.8 Å². The van der Waals surface area contributed by atoms with Gasteiger partial charge >= 0.3 is 0 Å². The molecule has 3 nitrogen and oxygen atoms in total. The molecule has 0 N–H and O–H groups in total. The number of alkyl halides is 1. The summed E-state index contributed by atoms with van der Waals surface area (Å²) in [6.45, 7) is 7.27. The summed E-state index contributed by atoms with van der Waals surface area (Å²) in [5.41, 5.74) is 1.25. The van der Waals surface area contributed by atoms with Gasteiger partial charge in [0.2, 0.25) is 0 Å². The highest BCUT2D eigenvalue weighted by Gasteiger charge is 2.17. The second-order valence-electron chi connectivity index (χ2n) is 4.98. The van der Waals surface area contributed by atoms with Gasteiger partial charge in [-0.2, -0.15) is 0 Å². The summed E-state index contributed by atoms with van der Waals surface area (Å²) >= 11 is 7.51. The van der Waals surface area contributed by atoms with Crippen molar-refractivity contribution >= 4 is 22.9 Å². The van der Waals surface area contributed by atoms with E-state index in [2.05, 4.69) is 36.1 Å². The minimum atomic E-state index is 0.110. The van der Waals surface area contributed by atoms with E-state index >= 15 is 0 Å². The fraction of sp³-hybridized carbons (Fsp3) is 0.500. The summed E-state index contributed by atoms with van der Waals surface area (Å²) in [5.74, 6) is 1.32. The third-order valence-corrected chi connectivity index (χ3v) is 3.62. The van der Waals surface area contributed by atoms with E-state index in [9.17, 15) is 0 Å². The number of rotatable bonds is 3. The summed E-state index contributed by atoms with van der Waals surface area (Å²) in [4.78, 5) is 8.85. The summed E-state index contributed by atoms with van der Waals surface area (Å²) in [6.07, 6.45) is 3.71. The monoisotopic (exact) mass is 269 g/mol. The van der Waals surface area contributed by atoms with Crippen molar-refractivity contribution in [2.75, 3.05) is 0 Å². The predicted octanol–water partition coefficient (Wildman–Crippen LogP) is 3.42. The van der Waals surface area contributed by atoms with Crippen molar-refractivity contribution in [3.8, 4) is 0 Å². The minimum Gasteiger partial charge on any atom is -0.327 e. The zero-order valence-corrected chi connectivity index (χ0v) is 11.8. The number of imidazole rings is 1. The average molecular weight is 270 g/mol. The topological polar surface area (TPSA) is 30.7 Å². The third kappa shape index (κ3) is 2.87. The first kappa shape index (κ1) is 12.6. The van der Waals surface area contributed by atoms with Crippen LogP contribution in [0.3, 0.4) is 0 Å². The molecule has 0 spiro atoms. The van der Waals surface area contributed by atoms with Crippen LogP contribution < -0.4 is 0 Å². The first-order valence-electron chi connectivity index (χ1n) is 5.51. The number of halogens is 1. The van der Waals surface area contributed by atoms with Gasteiger partial charge in [-0.25, -0.2) is 9.97 Å². The van der Waals surface area contributed by atoms with Gasteiger partial charge in [0.25, 0.3) is 0 Å². The van der Waals surface area contributed by atoms with Gasteiger partial charge in [0.1, 0.15) is 10.8 Å². The molecule has 5 heteroatoms. The maximum absolute atomic E-state index is 5.82. The SMILES string of the molecule is CC(C)(C)c1csc(Cn2ccnc2CCl)n1. The van der Waals surface area contributed by atoms with Gasteiger partial charge in [0.05, 0.1) is 18.1 Å². The van der Waals surface area contributed by atoms with E-state index in [-0.39, 0.29) is 5.41 Å². The second-order valence-corrected chi connectivity index (χ2v) is 6.19. The molecule has 0 amide bonds. The van der Waals surface area contributed by atoms with Crippen LogP contribution in [0.5, 0.6) is 0 Å². The van der Waals surface area contributed by atoms with E-state index in [1.54, 1.807) is 17.5 Å². The first-order chi connectivity index (χ1) is 8.00. The zero-order valence-electron chi connectivity index (χ0n) is 10.3. The highest BCUT2D eigenvalue weighted by Crippen LogP contribution is 2.24. The van der Waals surface area contributed by atoms with Crippen molar-refractivity contribution < 1.29 is 0 Å². The highest BCUT2D eigenvalue weighted by atomic mass is 35.5. The fourth-order valence-electron chi connectivity index (χ4n) is 1.49. The van der Waals surface area contributed by atoms with E-state index in [0.717, 1.165) is 23.1 Å². The van der Waals surface area contributed by atoms with Gasteiger partial charge in [-0.1, -0.05) is 20.8 Å². The molecular formula is C12H16ClN3S. The molecular weight excluding hydrogens is 254 g/mol. The Bertz CT molecular complexity index is 496. The van der Waals surface area contributed by atoms with E-state index in [0.29, 0.717) is 5.88 Å². The Balaban J connectivity index is 2.17. The molecule has 2 heterocycles. The van der Waals surface area contributed by atoms with Crippen LogP contribution in [0, 0.1) is 0 Å². The van der Waals surface area contributed by atoms with Gasteiger partial charge in [-0.3, -0.25) is 0 Å². The van der Waals surface area contributed by atoms with Crippen LogP contribution in [0.4, 0.5) is 0 Å². The van der Waals surface area contributed by atoms with Gasteiger partial charge in [-0.05, 0) is 0 Å². The van der Waals surface area contributed by atoms with E-state index in [1.807, 2.05) is 10.8 Å². The lowest BCUT2D eigenvalue weighted by molar-refractivity contribution is 0.569. The number of nitrogens with zero attached hydrogens (tertiary/aromatic N) is 3. The fourth-order valence-corrected chi connectivity index (χ4v) is 2.73. The summed E-state index contributed by atoms with van der Waals surface area (Å²) in [7, 11) is 0. The lowest BCUT2D eigenvalue weighted by Crippen LogP contribution is -2.12. The third-order valence-electron chi connectivity index (χ3n) is 2.55. The molecule has 0 bridgehead atoms. The molecule has 0 fully saturated rings. The van der Waals surface area contributed by atoms with Crippen molar-refractivity contribution in [2.24, 2.45) is 0 Å². The summed E-state index contributed by atoms with van der Waals surface area (Å²) in [6, 6.07) is 0. The Kier molecular flexibility index (Phi) is 3.54. The van der Waals surface area contributed by atoms with E-state index in [4.69, 9.17) is 11.6 Å². The van der Waals surface area contributed by atoms with Gasteiger partial charge in [0, 0.05) is 23.2 Å². The van der Waals surface area contributed by atoms with E-state index in [1.165, 1.54) is 0 Å². The molecule has 0 aromatic carbocycles. The maximum atomic E-state index is 5.82. The van der Waals surface area contributed by atoms with E-state index < -0.39 is 0 Å². The molecule has 2 aromatic rings. The van der Waals surface area contributed by atoms with Crippen molar-refractivity contribution in [3.63, 3.8) is 0 Å². The molecule has 0 unspecified atom stereocenters. The smallest absolute Gasteiger partial charge is 0.123 e. The molecule has 0 saturated carbocycles. The molecule has 92 valence electrons. The maximum Gasteiger partial charge on any atom is 0.123 e. The van der Waals surface area contributed by atoms with Crippen molar-refractivity contribution in [3.05, 3.63) is 34.3 Å². The Morgan fingerprint density at radius 2 is 2.18 bits per heavy atom. The zero-order chi connectivity index (χ0) is 12.5. The van der Waals surface area contributed by atoms with Crippen LogP contribution in [0.1, 0.15) is 37.3 Å². The van der Waals surface area contributed by atoms with Crippen LogP contribution in [0.15, 0.2) is 17.8 Å². The minimum absolute atomic E-state index is 0.110. The van der Waals surface area contributed by atoms with Gasteiger partial charge in [0.15, 0.2) is 0 Å². The molecule has 0 radical (unpaired) electrons. The van der Waals surface area contributed by atoms with Crippen molar-refractivity contribution in [1.82, 2.24) is 14.5 Å². The molecule has 17 heavy (non-hydrogen) atoms. The predicted molar refractivity (Wildman–Crippen MR) is 71.7 cm³/mol. The number of thiazole rings is 1. The second kappa shape index (κ2) is 4.78. The Hall–Kier alpha value is -0.870. The quantitative estimate of drug-likeness (QED) is 0.800. The molecule has 2 aromatic heterocycles. The van der Waals surface area contributed by atoms with Crippen LogP contribution in [0.2, 0.25) is 0 Å². The van der Waals surface area contributed by atoms with Crippen molar-refractivity contribution in [1.29, 1.82) is 0 Å². The van der Waals surface area contributed by atoms with Gasteiger partial charge in [-0.15, -0.1) is 22.9 Å². The molecule has 0 saturated heterocycles. The molecule has 2 rings (SSSR count). The highest BCUT2D eigenvalue weighted by molar-refractivity contribution is 7.09. The average Bonchev–Trinajstić information content (AvgIpc) is 2.86. The molecule has 0 aliphatic heterocycles. The molecule has 0 atom stereocenters. The lowest BCUT2D eigenvalue weighted by Gasteiger charge is -2.14. The summed E-state index contributed by atoms with van der Waals surface area (Å²) < 4.78 is 2.04. The normalized spacial score (nSPS) is 12.0. The van der Waals surface area contributed by atoms with Gasteiger partial charge < -0.3 is 4.57 Å². The van der Waals surface area contributed by atoms with Crippen LogP contribution >= 0.6 is 22.9 Å². The summed E-state index contributed by atoms with van der Waals surface area (Å²) in [5, 5.41) is 3.23.